The zero-order valence-electron chi connectivity index (χ0n) is 17.8. The number of halogens is 2. The number of benzene rings is 4. The van der Waals surface area contributed by atoms with Crippen LogP contribution in [-0.2, 0) is 0 Å². The van der Waals surface area contributed by atoms with Crippen molar-refractivity contribution >= 4 is 0 Å². The number of aromatic nitrogens is 3. The number of nitriles is 1. The molecule has 0 N–H and O–H groups in total. The van der Waals surface area contributed by atoms with Gasteiger partial charge in [-0.2, -0.15) is 5.26 Å². The SMILES string of the molecule is N#Cc1cc(F)cc(-c2ccc(F)c(-c3nc(-c4ccccc4)nc(-c4ccccc4)n3)c2)c1. The van der Waals surface area contributed by atoms with Crippen LogP contribution >= 0.6 is 0 Å². The molecule has 0 fully saturated rings. The number of hydrogen-bond acceptors (Lipinski definition) is 4. The lowest BCUT2D eigenvalue weighted by Crippen LogP contribution is -2.01. The van der Waals surface area contributed by atoms with Crippen molar-refractivity contribution in [2.24, 2.45) is 0 Å². The van der Waals surface area contributed by atoms with E-state index >= 15 is 4.39 Å². The van der Waals surface area contributed by atoms with Gasteiger partial charge in [-0.05, 0) is 41.5 Å². The number of hydrogen-bond donors (Lipinski definition) is 0. The maximum absolute atomic E-state index is 15.0. The Morgan fingerprint density at radius 1 is 0.559 bits per heavy atom. The van der Waals surface area contributed by atoms with E-state index < -0.39 is 11.6 Å². The van der Waals surface area contributed by atoms with Crippen LogP contribution < -0.4 is 0 Å². The van der Waals surface area contributed by atoms with Crippen molar-refractivity contribution in [2.75, 3.05) is 0 Å². The van der Waals surface area contributed by atoms with Crippen molar-refractivity contribution < 1.29 is 8.78 Å². The van der Waals surface area contributed by atoms with Gasteiger partial charge in [0.2, 0.25) is 0 Å². The summed E-state index contributed by atoms with van der Waals surface area (Å²) in [4.78, 5) is 13.7. The maximum Gasteiger partial charge on any atom is 0.167 e. The molecule has 0 radical (unpaired) electrons. The van der Waals surface area contributed by atoms with Gasteiger partial charge >= 0.3 is 0 Å². The van der Waals surface area contributed by atoms with Crippen LogP contribution in [0.5, 0.6) is 0 Å². The minimum absolute atomic E-state index is 0.150. The average Bonchev–Trinajstić information content (AvgIpc) is 2.89. The molecule has 4 aromatic carbocycles. The lowest BCUT2D eigenvalue weighted by atomic mass is 10.0. The van der Waals surface area contributed by atoms with E-state index in [1.807, 2.05) is 66.7 Å². The molecule has 5 rings (SSSR count). The molecule has 34 heavy (non-hydrogen) atoms. The summed E-state index contributed by atoms with van der Waals surface area (Å²) in [5, 5.41) is 9.18. The second-order valence-corrected chi connectivity index (χ2v) is 7.57. The Balaban J connectivity index is 1.70. The van der Waals surface area contributed by atoms with E-state index in [0.29, 0.717) is 22.8 Å². The van der Waals surface area contributed by atoms with Gasteiger partial charge in [-0.25, -0.2) is 23.7 Å². The second kappa shape index (κ2) is 9.00. The molecule has 162 valence electrons. The van der Waals surface area contributed by atoms with Gasteiger partial charge in [-0.15, -0.1) is 0 Å². The van der Waals surface area contributed by atoms with Gasteiger partial charge < -0.3 is 0 Å². The van der Waals surface area contributed by atoms with Crippen molar-refractivity contribution in [2.45, 2.75) is 0 Å². The van der Waals surface area contributed by atoms with E-state index in [1.165, 1.54) is 18.2 Å². The predicted octanol–water partition coefficient (Wildman–Crippen LogP) is 6.69. The van der Waals surface area contributed by atoms with Crippen LogP contribution in [0.25, 0.3) is 45.3 Å². The second-order valence-electron chi connectivity index (χ2n) is 7.57. The lowest BCUT2D eigenvalue weighted by Gasteiger charge is -2.10. The normalized spacial score (nSPS) is 10.6. The first-order valence-corrected chi connectivity index (χ1v) is 10.5. The highest BCUT2D eigenvalue weighted by Crippen LogP contribution is 2.30. The predicted molar refractivity (Wildman–Crippen MR) is 126 cm³/mol. The summed E-state index contributed by atoms with van der Waals surface area (Å²) < 4.78 is 29.1. The third-order valence-electron chi connectivity index (χ3n) is 5.27. The quantitative estimate of drug-likeness (QED) is 0.309. The fraction of sp³-hybridized carbons (Fsp3) is 0. The standard InChI is InChI=1S/C28H16F2N4/c29-23-14-18(17-31)13-22(15-23)21-11-12-25(30)24(16-21)28-33-26(19-7-3-1-4-8-19)32-27(34-28)20-9-5-2-6-10-20/h1-16H. The van der Waals surface area contributed by atoms with E-state index in [1.54, 1.807) is 12.1 Å². The molecule has 0 saturated heterocycles. The molecule has 0 aliphatic rings. The summed E-state index contributed by atoms with van der Waals surface area (Å²) in [5.41, 5.74) is 2.86. The maximum atomic E-state index is 15.0. The van der Waals surface area contributed by atoms with E-state index in [0.717, 1.165) is 17.2 Å². The van der Waals surface area contributed by atoms with Crippen LogP contribution in [-0.4, -0.2) is 15.0 Å². The zero-order chi connectivity index (χ0) is 23.5. The molecule has 1 aromatic heterocycles. The summed E-state index contributed by atoms with van der Waals surface area (Å²) in [6, 6.07) is 29.1. The summed E-state index contributed by atoms with van der Waals surface area (Å²) in [7, 11) is 0. The summed E-state index contributed by atoms with van der Waals surface area (Å²) in [6.07, 6.45) is 0. The van der Waals surface area contributed by atoms with Crippen LogP contribution in [0, 0.1) is 23.0 Å². The van der Waals surface area contributed by atoms with Crippen molar-refractivity contribution in [1.29, 1.82) is 5.26 Å². The van der Waals surface area contributed by atoms with Gasteiger partial charge in [0.05, 0.1) is 17.2 Å². The Bertz CT molecular complexity index is 1470. The average molecular weight is 446 g/mol. The number of rotatable bonds is 4. The molecule has 0 aliphatic heterocycles. The Labute approximate surface area is 194 Å². The molecule has 0 unspecified atom stereocenters. The Kier molecular flexibility index (Phi) is 5.59. The van der Waals surface area contributed by atoms with Crippen LogP contribution in [0.2, 0.25) is 0 Å². The molecular formula is C28H16F2N4. The highest BCUT2D eigenvalue weighted by molar-refractivity contribution is 5.73. The van der Waals surface area contributed by atoms with Crippen molar-refractivity contribution in [3.63, 3.8) is 0 Å². The van der Waals surface area contributed by atoms with E-state index in [-0.39, 0.29) is 17.0 Å². The van der Waals surface area contributed by atoms with Gasteiger partial charge in [0, 0.05) is 11.1 Å². The van der Waals surface area contributed by atoms with Crippen LogP contribution in [0.15, 0.2) is 97.1 Å². The highest BCUT2D eigenvalue weighted by atomic mass is 19.1. The monoisotopic (exact) mass is 446 g/mol. The molecule has 0 atom stereocenters. The minimum Gasteiger partial charge on any atom is -0.208 e. The van der Waals surface area contributed by atoms with E-state index in [4.69, 9.17) is 0 Å². The van der Waals surface area contributed by atoms with Gasteiger partial charge in [0.1, 0.15) is 11.6 Å². The smallest absolute Gasteiger partial charge is 0.167 e. The first kappa shape index (κ1) is 21.1. The molecule has 0 amide bonds. The Morgan fingerprint density at radius 2 is 1.15 bits per heavy atom. The third kappa shape index (κ3) is 4.27. The Hall–Kier alpha value is -4.76. The summed E-state index contributed by atoms with van der Waals surface area (Å²) in [6.45, 7) is 0. The largest absolute Gasteiger partial charge is 0.208 e. The Morgan fingerprint density at radius 3 is 1.74 bits per heavy atom. The van der Waals surface area contributed by atoms with Crippen LogP contribution in [0.4, 0.5) is 8.78 Å². The van der Waals surface area contributed by atoms with E-state index in [9.17, 15) is 9.65 Å². The molecular weight excluding hydrogens is 430 g/mol. The van der Waals surface area contributed by atoms with Gasteiger partial charge in [0.15, 0.2) is 17.5 Å². The highest BCUT2D eigenvalue weighted by Gasteiger charge is 2.16. The zero-order valence-corrected chi connectivity index (χ0v) is 17.8. The van der Waals surface area contributed by atoms with Gasteiger partial charge in [-0.3, -0.25) is 0 Å². The van der Waals surface area contributed by atoms with E-state index in [2.05, 4.69) is 15.0 Å². The van der Waals surface area contributed by atoms with Crippen molar-refractivity contribution in [1.82, 2.24) is 15.0 Å². The first-order chi connectivity index (χ1) is 16.6. The molecule has 5 aromatic rings. The van der Waals surface area contributed by atoms with Crippen molar-refractivity contribution in [3.05, 3.63) is 114 Å². The van der Waals surface area contributed by atoms with Gasteiger partial charge in [-0.1, -0.05) is 66.7 Å². The lowest BCUT2D eigenvalue weighted by molar-refractivity contribution is 0.627. The number of nitrogens with zero attached hydrogens (tertiary/aromatic N) is 4. The summed E-state index contributed by atoms with van der Waals surface area (Å²) >= 11 is 0. The molecule has 0 aliphatic carbocycles. The van der Waals surface area contributed by atoms with Crippen LogP contribution in [0.3, 0.4) is 0 Å². The first-order valence-electron chi connectivity index (χ1n) is 10.5. The third-order valence-corrected chi connectivity index (χ3v) is 5.27. The minimum atomic E-state index is -0.544. The van der Waals surface area contributed by atoms with Crippen molar-refractivity contribution in [3.8, 4) is 51.4 Å². The summed E-state index contributed by atoms with van der Waals surface area (Å²) in [5.74, 6) is -0.0924. The molecule has 4 nitrogen and oxygen atoms in total. The fourth-order valence-electron chi connectivity index (χ4n) is 3.63. The molecule has 0 saturated carbocycles. The molecule has 0 bridgehead atoms. The fourth-order valence-corrected chi connectivity index (χ4v) is 3.63. The van der Waals surface area contributed by atoms with Crippen LogP contribution in [0.1, 0.15) is 5.56 Å². The molecule has 6 heteroatoms. The topological polar surface area (TPSA) is 62.5 Å². The molecule has 1 heterocycles. The molecule has 0 spiro atoms. The van der Waals surface area contributed by atoms with Gasteiger partial charge in [0.25, 0.3) is 0 Å².